The van der Waals surface area contributed by atoms with E-state index in [2.05, 4.69) is 157 Å². The summed E-state index contributed by atoms with van der Waals surface area (Å²) >= 11 is 0. The van der Waals surface area contributed by atoms with Crippen LogP contribution < -0.4 is 52.8 Å². The van der Waals surface area contributed by atoms with Crippen molar-refractivity contribution in [3.8, 4) is 0 Å². The zero-order chi connectivity index (χ0) is 32.5. The Bertz CT molecular complexity index is 1310. The fourth-order valence-corrected chi connectivity index (χ4v) is 12.3. The molecule has 1 aliphatic rings. The molecule has 0 aliphatic heterocycles. The third kappa shape index (κ3) is 9.63. The summed E-state index contributed by atoms with van der Waals surface area (Å²) < 4.78 is 0. The van der Waals surface area contributed by atoms with Gasteiger partial charge in [0.2, 0.25) is 0 Å². The van der Waals surface area contributed by atoms with E-state index >= 15 is 0 Å². The Morgan fingerprint density at radius 2 is 0.729 bits per heavy atom. The molecule has 3 aromatic rings. The molecule has 260 valence electrons. The zero-order valence-corrected chi connectivity index (χ0v) is 36.6. The smallest absolute Gasteiger partial charge is 1.00 e. The third-order valence-electron chi connectivity index (χ3n) is 9.99. The van der Waals surface area contributed by atoms with E-state index in [1.807, 2.05) is 0 Å². The average molecular weight is 758 g/mol. The fraction of sp³-hybridized carbons (Fsp3) is 0.488. The molecule has 0 atom stereocenters. The Labute approximate surface area is 329 Å². The van der Waals surface area contributed by atoms with E-state index in [0.717, 1.165) is 12.8 Å². The number of benzene rings is 3. The van der Waals surface area contributed by atoms with Crippen LogP contribution in [0.4, 0.5) is 0 Å². The first-order valence-electron chi connectivity index (χ1n) is 17.5. The van der Waals surface area contributed by atoms with Gasteiger partial charge in [-0.25, -0.2) is 10.8 Å². The minimum absolute atomic E-state index is 0. The van der Waals surface area contributed by atoms with Crippen molar-refractivity contribution in [2.45, 2.75) is 138 Å². The van der Waals surface area contributed by atoms with Crippen LogP contribution in [0.5, 0.6) is 0 Å². The van der Waals surface area contributed by atoms with Crippen molar-refractivity contribution in [1.29, 1.82) is 0 Å². The maximum atomic E-state index is 3.78. The number of hydrogen-bond acceptors (Lipinski definition) is 0. The molecule has 0 bridgehead atoms. The molecular formula is C43H59Cl3SiTi. The average Bonchev–Trinajstić information content (AvgIpc) is 3.46. The van der Waals surface area contributed by atoms with Crippen molar-refractivity contribution >= 4 is 23.6 Å². The number of halogens is 3. The van der Waals surface area contributed by atoms with Crippen LogP contribution in [-0.2, 0) is 21.7 Å². The van der Waals surface area contributed by atoms with Crippen LogP contribution in [0.1, 0.15) is 172 Å². The number of allylic oxidation sites excluding steroid dienone is 4. The second kappa shape index (κ2) is 19.5. The molecule has 0 spiro atoms. The van der Waals surface area contributed by atoms with Crippen LogP contribution in [0.15, 0.2) is 71.4 Å². The van der Waals surface area contributed by atoms with Crippen LogP contribution in [-0.4, -0.2) is 8.07 Å². The monoisotopic (exact) mass is 756 g/mol. The first kappa shape index (κ1) is 46.9. The Kier molecular flexibility index (Phi) is 19.1. The molecule has 0 amide bonds. The van der Waals surface area contributed by atoms with Crippen LogP contribution in [0, 0.1) is 6.08 Å². The standard InChI is InChI=1S/C43H59Si.3ClH.Ti/c1-14-33-16-15-17-43(33)44(40-21-34(27(2)3)18-35(22-40)28(4)5,41-23-36(29(6)7)19-37(24-41)30(8)9)42-25-38(31(10)11)20-39(26-42)32(12)13;;;;/h15,18-32H,14,17H2,1-13H3;3*1H;/q-1;;;;+4/p-3. The summed E-state index contributed by atoms with van der Waals surface area (Å²) in [6, 6.07) is 23.2. The molecule has 0 saturated heterocycles. The Balaban J connectivity index is 0.00000552. The maximum absolute atomic E-state index is 3.78. The van der Waals surface area contributed by atoms with Crippen molar-refractivity contribution in [3.05, 3.63) is 111 Å². The second-order valence-electron chi connectivity index (χ2n) is 15.2. The van der Waals surface area contributed by atoms with Crippen molar-refractivity contribution in [1.82, 2.24) is 0 Å². The van der Waals surface area contributed by atoms with Crippen LogP contribution in [0.2, 0.25) is 0 Å². The molecule has 0 fully saturated rings. The van der Waals surface area contributed by atoms with Gasteiger partial charge in [-0.05, 0) is 68.9 Å². The second-order valence-corrected chi connectivity index (χ2v) is 19.0. The molecule has 0 N–H and O–H groups in total. The molecule has 48 heavy (non-hydrogen) atoms. The van der Waals surface area contributed by atoms with E-state index in [-0.39, 0.29) is 58.9 Å². The van der Waals surface area contributed by atoms with Gasteiger partial charge in [-0.2, -0.15) is 6.08 Å². The zero-order valence-electron chi connectivity index (χ0n) is 31.8. The summed E-state index contributed by atoms with van der Waals surface area (Å²) in [6.07, 6.45) is 8.12. The first-order valence-corrected chi connectivity index (χ1v) is 19.5. The molecule has 0 nitrogen and oxygen atoms in total. The molecule has 0 aromatic heterocycles. The van der Waals surface area contributed by atoms with E-state index in [4.69, 9.17) is 0 Å². The molecule has 0 radical (unpaired) electrons. The molecule has 0 unspecified atom stereocenters. The van der Waals surface area contributed by atoms with Gasteiger partial charge in [-0.3, -0.25) is 6.08 Å². The quantitative estimate of drug-likeness (QED) is 0.160. The van der Waals surface area contributed by atoms with Gasteiger partial charge < -0.3 is 37.2 Å². The molecule has 3 aromatic carbocycles. The normalized spacial score (nSPS) is 13.0. The largest absolute Gasteiger partial charge is 4.00 e. The van der Waals surface area contributed by atoms with Crippen molar-refractivity contribution in [2.75, 3.05) is 0 Å². The van der Waals surface area contributed by atoms with Gasteiger partial charge in [0, 0.05) is 0 Å². The molecule has 1 aliphatic carbocycles. The van der Waals surface area contributed by atoms with Crippen LogP contribution in [0.25, 0.3) is 0 Å². The van der Waals surface area contributed by atoms with Crippen LogP contribution in [0.3, 0.4) is 0 Å². The summed E-state index contributed by atoms with van der Waals surface area (Å²) in [6.45, 7) is 30.7. The van der Waals surface area contributed by atoms with Crippen molar-refractivity contribution < 1.29 is 58.9 Å². The SMILES string of the molecule is CCC1=C([Si](c2cc(C(C)C)cc(C(C)C)c2)(c2cc(C(C)C)cc(C(C)C)c2)c2cc(C(C)C)cc(C(C)C)c2)CC=[C-]1.[Cl-].[Cl-].[Cl-].[Ti+4]. The summed E-state index contributed by atoms with van der Waals surface area (Å²) in [7, 11) is -2.75. The van der Waals surface area contributed by atoms with Crippen molar-refractivity contribution in [2.24, 2.45) is 0 Å². The van der Waals surface area contributed by atoms with Gasteiger partial charge in [0.15, 0.2) is 0 Å². The van der Waals surface area contributed by atoms with Gasteiger partial charge in [0.1, 0.15) is 0 Å². The molecular weight excluding hydrogens is 699 g/mol. The summed E-state index contributed by atoms with van der Waals surface area (Å²) in [5.74, 6) is 2.80. The Hall–Kier alpha value is -1.06. The van der Waals surface area contributed by atoms with Gasteiger partial charge >= 0.3 is 21.7 Å². The number of hydrogen-bond donors (Lipinski definition) is 0. The predicted molar refractivity (Wildman–Crippen MR) is 198 cm³/mol. The van der Waals surface area contributed by atoms with E-state index in [1.165, 1.54) is 39.0 Å². The minimum Gasteiger partial charge on any atom is -1.00 e. The molecule has 0 saturated carbocycles. The number of rotatable bonds is 11. The minimum atomic E-state index is -2.75. The van der Waals surface area contributed by atoms with Gasteiger partial charge in [-0.15, -0.1) is 0 Å². The summed E-state index contributed by atoms with van der Waals surface area (Å²) in [5, 5.41) is 6.30. The van der Waals surface area contributed by atoms with Crippen LogP contribution >= 0.6 is 0 Å². The molecule has 0 heterocycles. The predicted octanol–water partition coefficient (Wildman–Crippen LogP) is 1.92. The topological polar surface area (TPSA) is 0 Å². The molecule has 4 rings (SSSR count). The van der Waals surface area contributed by atoms with Crippen molar-refractivity contribution in [3.63, 3.8) is 0 Å². The van der Waals surface area contributed by atoms with Gasteiger partial charge in [0.25, 0.3) is 0 Å². The Morgan fingerprint density at radius 3 is 0.938 bits per heavy atom. The Morgan fingerprint density at radius 1 is 0.479 bits per heavy atom. The first-order chi connectivity index (χ1) is 20.7. The van der Waals surface area contributed by atoms with E-state index in [9.17, 15) is 0 Å². The third-order valence-corrected chi connectivity index (χ3v) is 14.9. The van der Waals surface area contributed by atoms with E-state index in [0.29, 0.717) is 35.5 Å². The summed E-state index contributed by atoms with van der Waals surface area (Å²) in [5.41, 5.74) is 10.2. The summed E-state index contributed by atoms with van der Waals surface area (Å²) in [4.78, 5) is 0. The fourth-order valence-electron chi connectivity index (χ4n) is 6.88. The van der Waals surface area contributed by atoms with Gasteiger partial charge in [-0.1, -0.05) is 173 Å². The molecule has 5 heteroatoms. The maximum Gasteiger partial charge on any atom is 4.00 e. The van der Waals surface area contributed by atoms with E-state index < -0.39 is 8.07 Å². The van der Waals surface area contributed by atoms with E-state index in [1.54, 1.807) is 20.8 Å². The van der Waals surface area contributed by atoms with Gasteiger partial charge in [0.05, 0.1) is 8.07 Å².